The maximum absolute atomic E-state index is 12.0. The molecule has 0 saturated heterocycles. The van der Waals surface area contributed by atoms with Gasteiger partial charge < -0.3 is 5.11 Å². The lowest BCUT2D eigenvalue weighted by Gasteiger charge is -2.21. The van der Waals surface area contributed by atoms with E-state index in [1.807, 2.05) is 36.4 Å². The molecule has 0 heterocycles. The Morgan fingerprint density at radius 2 is 1.67 bits per heavy atom. The molecule has 1 N–H and O–H groups in total. The van der Waals surface area contributed by atoms with E-state index in [1.165, 1.54) is 5.56 Å². The van der Waals surface area contributed by atoms with Crippen molar-refractivity contribution in [3.63, 3.8) is 0 Å². The number of ketones is 1. The van der Waals surface area contributed by atoms with Gasteiger partial charge in [-0.2, -0.15) is 0 Å². The Hall–Kier alpha value is -2.09. The van der Waals surface area contributed by atoms with Crippen LogP contribution >= 0.6 is 0 Å². The van der Waals surface area contributed by atoms with Gasteiger partial charge in [-0.05, 0) is 41.9 Å². The SMILES string of the molecule is CC(C)(C)c1cc(CCCCCC(=O)c2ccccc2)ccc1O. The van der Waals surface area contributed by atoms with Crippen molar-refractivity contribution in [1.29, 1.82) is 0 Å². The van der Waals surface area contributed by atoms with Gasteiger partial charge in [0.05, 0.1) is 0 Å². The zero-order valence-electron chi connectivity index (χ0n) is 15.0. The molecule has 2 nitrogen and oxygen atoms in total. The normalized spacial score (nSPS) is 11.5. The van der Waals surface area contributed by atoms with E-state index < -0.39 is 0 Å². The molecule has 0 aliphatic carbocycles. The third kappa shape index (κ3) is 5.23. The van der Waals surface area contributed by atoms with Gasteiger partial charge in [-0.25, -0.2) is 0 Å². The molecule has 2 heteroatoms. The van der Waals surface area contributed by atoms with Gasteiger partial charge in [-0.1, -0.05) is 69.7 Å². The number of carbonyl (C=O) groups excluding carboxylic acids is 1. The molecule has 0 radical (unpaired) electrons. The van der Waals surface area contributed by atoms with Crippen molar-refractivity contribution in [1.82, 2.24) is 0 Å². The van der Waals surface area contributed by atoms with Gasteiger partial charge in [0.15, 0.2) is 5.78 Å². The Labute approximate surface area is 145 Å². The number of aryl methyl sites for hydroxylation is 1. The summed E-state index contributed by atoms with van der Waals surface area (Å²) in [5.74, 6) is 0.606. The van der Waals surface area contributed by atoms with Crippen LogP contribution < -0.4 is 0 Å². The van der Waals surface area contributed by atoms with Gasteiger partial charge in [0.25, 0.3) is 0 Å². The number of Topliss-reactive ketones (excluding diaryl/α,β-unsaturated/α-hetero) is 1. The van der Waals surface area contributed by atoms with Crippen LogP contribution in [0.3, 0.4) is 0 Å². The Morgan fingerprint density at radius 1 is 0.958 bits per heavy atom. The smallest absolute Gasteiger partial charge is 0.162 e. The minimum Gasteiger partial charge on any atom is -0.508 e. The lowest BCUT2D eigenvalue weighted by atomic mass is 9.85. The highest BCUT2D eigenvalue weighted by Crippen LogP contribution is 2.31. The fraction of sp³-hybridized carbons (Fsp3) is 0.409. The van der Waals surface area contributed by atoms with Crippen molar-refractivity contribution >= 4 is 5.78 Å². The molecule has 0 fully saturated rings. The topological polar surface area (TPSA) is 37.3 Å². The molecule has 2 aromatic carbocycles. The van der Waals surface area contributed by atoms with E-state index in [-0.39, 0.29) is 11.2 Å². The molecule has 128 valence electrons. The first-order valence-electron chi connectivity index (χ1n) is 8.78. The summed E-state index contributed by atoms with van der Waals surface area (Å²) in [7, 11) is 0. The summed E-state index contributed by atoms with van der Waals surface area (Å²) >= 11 is 0. The minimum absolute atomic E-state index is 0.0534. The Balaban J connectivity index is 1.78. The Kier molecular flexibility index (Phi) is 6.19. The zero-order chi connectivity index (χ0) is 17.6. The van der Waals surface area contributed by atoms with Gasteiger partial charge in [0.1, 0.15) is 5.75 Å². The van der Waals surface area contributed by atoms with E-state index in [4.69, 9.17) is 0 Å². The van der Waals surface area contributed by atoms with Crippen molar-refractivity contribution in [2.45, 2.75) is 58.3 Å². The monoisotopic (exact) mass is 324 g/mol. The molecular weight excluding hydrogens is 296 g/mol. The second kappa shape index (κ2) is 8.14. The fourth-order valence-corrected chi connectivity index (χ4v) is 2.90. The van der Waals surface area contributed by atoms with Crippen LogP contribution in [0.4, 0.5) is 0 Å². The first-order chi connectivity index (χ1) is 11.4. The molecular formula is C22H28O2. The van der Waals surface area contributed by atoms with Crippen LogP contribution in [-0.4, -0.2) is 10.9 Å². The van der Waals surface area contributed by atoms with Crippen molar-refractivity contribution in [2.24, 2.45) is 0 Å². The van der Waals surface area contributed by atoms with Crippen LogP contribution in [0, 0.1) is 0 Å². The number of unbranched alkanes of at least 4 members (excludes halogenated alkanes) is 2. The summed E-state index contributed by atoms with van der Waals surface area (Å²) in [4.78, 5) is 12.0. The second-order valence-corrected chi connectivity index (χ2v) is 7.45. The summed E-state index contributed by atoms with van der Waals surface area (Å²) in [6.45, 7) is 6.34. The predicted octanol–water partition coefficient (Wildman–Crippen LogP) is 5.68. The maximum atomic E-state index is 12.0. The van der Waals surface area contributed by atoms with Gasteiger partial charge in [-0.15, -0.1) is 0 Å². The second-order valence-electron chi connectivity index (χ2n) is 7.45. The molecule has 0 spiro atoms. The number of phenolic OH excluding ortho intramolecular Hbond substituents is 1. The lowest BCUT2D eigenvalue weighted by molar-refractivity contribution is 0.0979. The number of carbonyl (C=O) groups is 1. The molecule has 0 aromatic heterocycles. The van der Waals surface area contributed by atoms with Crippen LogP contribution in [0.2, 0.25) is 0 Å². The van der Waals surface area contributed by atoms with E-state index in [0.29, 0.717) is 12.2 Å². The molecule has 0 amide bonds. The number of aromatic hydroxyl groups is 1. The Bertz CT molecular complexity index is 666. The van der Waals surface area contributed by atoms with E-state index in [0.717, 1.165) is 36.8 Å². The molecule has 0 bridgehead atoms. The minimum atomic E-state index is -0.0534. The van der Waals surface area contributed by atoms with Gasteiger partial charge in [0, 0.05) is 12.0 Å². The number of benzene rings is 2. The first-order valence-corrected chi connectivity index (χ1v) is 8.78. The van der Waals surface area contributed by atoms with Crippen molar-refractivity contribution in [3.8, 4) is 5.75 Å². The molecule has 0 saturated carbocycles. The third-order valence-electron chi connectivity index (χ3n) is 4.33. The lowest BCUT2D eigenvalue weighted by Crippen LogP contribution is -2.11. The van der Waals surface area contributed by atoms with Crippen molar-refractivity contribution in [2.75, 3.05) is 0 Å². The van der Waals surface area contributed by atoms with E-state index in [9.17, 15) is 9.90 Å². The number of phenols is 1. The molecule has 0 aliphatic rings. The number of hydrogen-bond acceptors (Lipinski definition) is 2. The van der Waals surface area contributed by atoms with Crippen LogP contribution in [0.15, 0.2) is 48.5 Å². The predicted molar refractivity (Wildman–Crippen MR) is 99.8 cm³/mol. The Morgan fingerprint density at radius 3 is 2.33 bits per heavy atom. The molecule has 24 heavy (non-hydrogen) atoms. The molecule has 0 unspecified atom stereocenters. The standard InChI is InChI=1S/C22H28O2/c1-22(2,3)19-16-17(14-15-21(19)24)10-6-4-9-13-20(23)18-11-7-5-8-12-18/h5,7-8,11-12,14-16,24H,4,6,9-10,13H2,1-3H3. The molecule has 2 aromatic rings. The molecule has 0 atom stereocenters. The van der Waals surface area contributed by atoms with Gasteiger partial charge in [-0.3, -0.25) is 4.79 Å². The molecule has 2 rings (SSSR count). The average molecular weight is 324 g/mol. The number of rotatable bonds is 7. The highest BCUT2D eigenvalue weighted by Gasteiger charge is 2.18. The van der Waals surface area contributed by atoms with Crippen LogP contribution in [-0.2, 0) is 11.8 Å². The van der Waals surface area contributed by atoms with E-state index >= 15 is 0 Å². The third-order valence-corrected chi connectivity index (χ3v) is 4.33. The number of hydrogen-bond donors (Lipinski definition) is 1. The van der Waals surface area contributed by atoms with Gasteiger partial charge in [0.2, 0.25) is 0 Å². The summed E-state index contributed by atoms with van der Waals surface area (Å²) in [6, 6.07) is 15.4. The molecule has 0 aliphatic heterocycles. The first kappa shape index (κ1) is 18.3. The quantitative estimate of drug-likeness (QED) is 0.526. The summed E-state index contributed by atoms with van der Waals surface area (Å²) in [6.07, 6.45) is 4.65. The van der Waals surface area contributed by atoms with Crippen molar-refractivity contribution < 1.29 is 9.90 Å². The summed E-state index contributed by atoms with van der Waals surface area (Å²) in [5, 5.41) is 10.0. The van der Waals surface area contributed by atoms with Crippen LogP contribution in [0.1, 0.15) is 67.9 Å². The van der Waals surface area contributed by atoms with Crippen molar-refractivity contribution in [3.05, 3.63) is 65.2 Å². The summed E-state index contributed by atoms with van der Waals surface area (Å²) < 4.78 is 0. The van der Waals surface area contributed by atoms with Crippen LogP contribution in [0.25, 0.3) is 0 Å². The summed E-state index contributed by atoms with van der Waals surface area (Å²) in [5.41, 5.74) is 3.01. The van der Waals surface area contributed by atoms with E-state index in [1.54, 1.807) is 6.07 Å². The largest absolute Gasteiger partial charge is 0.508 e. The van der Waals surface area contributed by atoms with E-state index in [2.05, 4.69) is 26.8 Å². The van der Waals surface area contributed by atoms with Crippen LogP contribution in [0.5, 0.6) is 5.75 Å². The average Bonchev–Trinajstić information content (AvgIpc) is 2.55. The zero-order valence-corrected chi connectivity index (χ0v) is 15.0. The highest BCUT2D eigenvalue weighted by atomic mass is 16.3. The fourth-order valence-electron chi connectivity index (χ4n) is 2.90. The van der Waals surface area contributed by atoms with Gasteiger partial charge >= 0.3 is 0 Å². The maximum Gasteiger partial charge on any atom is 0.162 e. The highest BCUT2D eigenvalue weighted by molar-refractivity contribution is 5.95.